The van der Waals surface area contributed by atoms with Crippen molar-refractivity contribution in [1.82, 2.24) is 14.5 Å². The Balaban J connectivity index is 1.51. The number of nitrogens with zero attached hydrogens (tertiary/aromatic N) is 4. The Hall–Kier alpha value is -3.35. The topological polar surface area (TPSA) is 67.7 Å². The van der Waals surface area contributed by atoms with Crippen LogP contribution in [0.4, 0.5) is 5.82 Å². The van der Waals surface area contributed by atoms with Gasteiger partial charge in [0.1, 0.15) is 5.75 Å². The zero-order valence-corrected chi connectivity index (χ0v) is 18.1. The number of benzene rings is 2. The van der Waals surface area contributed by atoms with Crippen molar-refractivity contribution in [3.63, 3.8) is 0 Å². The van der Waals surface area contributed by atoms with Gasteiger partial charge in [0.05, 0.1) is 17.6 Å². The van der Waals surface area contributed by atoms with E-state index in [1.54, 1.807) is 12.1 Å². The number of carbonyl (C=O) groups is 1. The first kappa shape index (κ1) is 20.9. The number of ether oxygens (including phenoxy) is 1. The van der Waals surface area contributed by atoms with Crippen molar-refractivity contribution < 1.29 is 9.53 Å². The molecule has 1 fully saturated rings. The quantitative estimate of drug-likeness (QED) is 0.613. The molecule has 0 spiro atoms. The molecule has 1 amide bonds. The monoisotopic (exact) mass is 420 g/mol. The van der Waals surface area contributed by atoms with E-state index < -0.39 is 0 Å². The number of anilines is 1. The van der Waals surface area contributed by atoms with Gasteiger partial charge in [0.2, 0.25) is 0 Å². The third-order valence-corrected chi connectivity index (χ3v) is 5.56. The van der Waals surface area contributed by atoms with Crippen LogP contribution in [0.2, 0.25) is 0 Å². The average molecular weight is 421 g/mol. The van der Waals surface area contributed by atoms with Gasteiger partial charge in [0, 0.05) is 38.3 Å². The first-order valence-electron chi connectivity index (χ1n) is 10.9. The summed E-state index contributed by atoms with van der Waals surface area (Å²) in [7, 11) is 0. The van der Waals surface area contributed by atoms with Crippen molar-refractivity contribution in [3.05, 3.63) is 64.4 Å². The fraction of sp³-hybridized carbons (Fsp3) is 0.375. The SMILES string of the molecule is CCCn1c(=O)c(N2CCN(C(=O)c3ccc(OCC)cc3)CC2)nc2ccccc21. The third kappa shape index (κ3) is 4.26. The molecular weight excluding hydrogens is 392 g/mol. The largest absolute Gasteiger partial charge is 0.494 e. The number of fused-ring (bicyclic) bond motifs is 1. The van der Waals surface area contributed by atoms with E-state index in [-0.39, 0.29) is 11.5 Å². The van der Waals surface area contributed by atoms with Crippen molar-refractivity contribution in [2.45, 2.75) is 26.8 Å². The van der Waals surface area contributed by atoms with Crippen molar-refractivity contribution in [3.8, 4) is 5.75 Å². The van der Waals surface area contributed by atoms with Crippen LogP contribution in [-0.2, 0) is 6.54 Å². The first-order valence-corrected chi connectivity index (χ1v) is 10.9. The predicted octanol–water partition coefficient (Wildman–Crippen LogP) is 3.17. The second kappa shape index (κ2) is 9.20. The zero-order chi connectivity index (χ0) is 21.8. The summed E-state index contributed by atoms with van der Waals surface area (Å²) in [5, 5.41) is 0. The van der Waals surface area contributed by atoms with E-state index in [4.69, 9.17) is 4.74 Å². The van der Waals surface area contributed by atoms with Crippen LogP contribution >= 0.6 is 0 Å². The molecule has 2 aromatic carbocycles. The van der Waals surface area contributed by atoms with Gasteiger partial charge in [0.25, 0.3) is 11.5 Å². The molecule has 7 nitrogen and oxygen atoms in total. The molecule has 4 rings (SSSR count). The Labute approximate surface area is 181 Å². The van der Waals surface area contributed by atoms with Gasteiger partial charge in [-0.25, -0.2) is 4.98 Å². The van der Waals surface area contributed by atoms with Crippen LogP contribution in [0.3, 0.4) is 0 Å². The van der Waals surface area contributed by atoms with E-state index >= 15 is 0 Å². The minimum atomic E-state index is -0.0631. The minimum Gasteiger partial charge on any atom is -0.494 e. The molecule has 7 heteroatoms. The molecule has 0 atom stereocenters. The molecule has 1 aliphatic rings. The van der Waals surface area contributed by atoms with Crippen LogP contribution in [0, 0.1) is 0 Å². The Kier molecular flexibility index (Phi) is 6.21. The molecule has 1 aliphatic heterocycles. The first-order chi connectivity index (χ1) is 15.1. The summed E-state index contributed by atoms with van der Waals surface area (Å²) in [5.74, 6) is 1.23. The van der Waals surface area contributed by atoms with Crippen LogP contribution in [0.1, 0.15) is 30.6 Å². The normalized spacial score (nSPS) is 14.1. The molecular formula is C24H28N4O3. The molecule has 0 bridgehead atoms. The molecule has 0 radical (unpaired) electrons. The molecule has 0 N–H and O–H groups in total. The number of piperazine rings is 1. The van der Waals surface area contributed by atoms with Crippen LogP contribution in [0.25, 0.3) is 11.0 Å². The maximum Gasteiger partial charge on any atom is 0.294 e. The molecule has 0 aliphatic carbocycles. The number of hydrogen-bond donors (Lipinski definition) is 0. The van der Waals surface area contributed by atoms with Gasteiger partial charge in [0.15, 0.2) is 5.82 Å². The third-order valence-electron chi connectivity index (χ3n) is 5.56. The van der Waals surface area contributed by atoms with Crippen LogP contribution in [0.15, 0.2) is 53.3 Å². The maximum absolute atomic E-state index is 13.2. The second-order valence-electron chi connectivity index (χ2n) is 7.62. The van der Waals surface area contributed by atoms with Gasteiger partial charge >= 0.3 is 0 Å². The Morgan fingerprint density at radius 2 is 1.71 bits per heavy atom. The lowest BCUT2D eigenvalue weighted by Crippen LogP contribution is -2.50. The fourth-order valence-corrected chi connectivity index (χ4v) is 3.99. The van der Waals surface area contributed by atoms with Crippen molar-refractivity contribution in [2.24, 2.45) is 0 Å². The summed E-state index contributed by atoms with van der Waals surface area (Å²) in [4.78, 5) is 34.5. The molecule has 2 heterocycles. The van der Waals surface area contributed by atoms with E-state index in [2.05, 4.69) is 11.9 Å². The molecule has 0 unspecified atom stereocenters. The smallest absolute Gasteiger partial charge is 0.294 e. The number of para-hydroxylation sites is 2. The highest BCUT2D eigenvalue weighted by Gasteiger charge is 2.25. The van der Waals surface area contributed by atoms with E-state index in [1.165, 1.54) is 0 Å². The fourth-order valence-electron chi connectivity index (χ4n) is 3.99. The van der Waals surface area contributed by atoms with Crippen molar-refractivity contribution in [1.29, 1.82) is 0 Å². The van der Waals surface area contributed by atoms with Crippen molar-refractivity contribution in [2.75, 3.05) is 37.7 Å². The van der Waals surface area contributed by atoms with Crippen LogP contribution < -0.4 is 15.2 Å². The molecule has 1 aromatic heterocycles. The highest BCUT2D eigenvalue weighted by Crippen LogP contribution is 2.18. The number of amides is 1. The van der Waals surface area contributed by atoms with Gasteiger partial charge < -0.3 is 19.1 Å². The molecule has 162 valence electrons. The molecule has 3 aromatic rings. The van der Waals surface area contributed by atoms with E-state index in [0.29, 0.717) is 50.7 Å². The Morgan fingerprint density at radius 1 is 1.00 bits per heavy atom. The lowest BCUT2D eigenvalue weighted by atomic mass is 10.1. The predicted molar refractivity (Wildman–Crippen MR) is 122 cm³/mol. The van der Waals surface area contributed by atoms with Gasteiger partial charge in [-0.1, -0.05) is 19.1 Å². The summed E-state index contributed by atoms with van der Waals surface area (Å²) in [6.07, 6.45) is 0.873. The summed E-state index contributed by atoms with van der Waals surface area (Å²) in [6.45, 7) is 7.50. The minimum absolute atomic E-state index is 0.00226. The zero-order valence-electron chi connectivity index (χ0n) is 18.1. The van der Waals surface area contributed by atoms with Crippen LogP contribution in [-0.4, -0.2) is 53.1 Å². The highest BCUT2D eigenvalue weighted by atomic mass is 16.5. The molecule has 31 heavy (non-hydrogen) atoms. The summed E-state index contributed by atoms with van der Waals surface area (Å²) >= 11 is 0. The summed E-state index contributed by atoms with van der Waals surface area (Å²) < 4.78 is 7.26. The number of rotatable bonds is 6. The molecule has 0 saturated carbocycles. The van der Waals surface area contributed by atoms with Gasteiger partial charge in [-0.3, -0.25) is 9.59 Å². The average Bonchev–Trinajstić information content (AvgIpc) is 2.81. The maximum atomic E-state index is 13.2. The van der Waals surface area contributed by atoms with E-state index in [1.807, 2.05) is 57.7 Å². The van der Waals surface area contributed by atoms with Gasteiger partial charge in [-0.05, 0) is 49.7 Å². The second-order valence-corrected chi connectivity index (χ2v) is 7.62. The Morgan fingerprint density at radius 3 is 2.39 bits per heavy atom. The summed E-state index contributed by atoms with van der Waals surface area (Å²) in [6, 6.07) is 15.0. The number of hydrogen-bond acceptors (Lipinski definition) is 5. The van der Waals surface area contributed by atoms with Gasteiger partial charge in [-0.2, -0.15) is 0 Å². The van der Waals surface area contributed by atoms with E-state index in [9.17, 15) is 9.59 Å². The van der Waals surface area contributed by atoms with E-state index in [0.717, 1.165) is 23.2 Å². The van der Waals surface area contributed by atoms with Crippen molar-refractivity contribution >= 4 is 22.8 Å². The Bertz CT molecular complexity index is 1120. The lowest BCUT2D eigenvalue weighted by molar-refractivity contribution is 0.0746. The van der Waals surface area contributed by atoms with Gasteiger partial charge in [-0.15, -0.1) is 0 Å². The summed E-state index contributed by atoms with van der Waals surface area (Å²) in [5.41, 5.74) is 2.26. The van der Waals surface area contributed by atoms with Crippen LogP contribution in [0.5, 0.6) is 5.75 Å². The standard InChI is InChI=1S/C24H28N4O3/c1-3-13-28-21-8-6-5-7-20(21)25-22(24(28)30)26-14-16-27(17-15-26)23(29)18-9-11-19(12-10-18)31-4-2/h5-12H,3-4,13-17H2,1-2H3. The highest BCUT2D eigenvalue weighted by molar-refractivity contribution is 5.94. The number of carbonyl (C=O) groups excluding carboxylic acids is 1. The lowest BCUT2D eigenvalue weighted by Gasteiger charge is -2.35. The number of aryl methyl sites for hydroxylation is 1. The molecule has 1 saturated heterocycles. The number of aromatic nitrogens is 2.